The van der Waals surface area contributed by atoms with Gasteiger partial charge in [0.1, 0.15) is 25.3 Å². The molecule has 0 saturated heterocycles. The van der Waals surface area contributed by atoms with Crippen LogP contribution in [0.1, 0.15) is 27.7 Å². The number of likely N-dealkylation sites (N-methyl/N-ethyl adjacent to an activating group) is 3. The molecule has 0 aromatic heterocycles. The van der Waals surface area contributed by atoms with Crippen molar-refractivity contribution in [1.29, 1.82) is 0 Å². The van der Waals surface area contributed by atoms with Gasteiger partial charge in [-0.05, 0) is 46.8 Å². The Labute approximate surface area is 258 Å². The van der Waals surface area contributed by atoms with Gasteiger partial charge in [0.25, 0.3) is 5.95 Å². The first-order chi connectivity index (χ1) is 18.9. The van der Waals surface area contributed by atoms with Crippen molar-refractivity contribution in [3.8, 4) is 0 Å². The average molecular weight is 637 g/mol. The van der Waals surface area contributed by atoms with Gasteiger partial charge in [-0.3, -0.25) is 14.4 Å². The molecule has 0 amide bonds. The van der Waals surface area contributed by atoms with Crippen LogP contribution < -0.4 is 16.0 Å². The molecule has 0 aliphatic heterocycles. The molecule has 4 atom stereocenters. The summed E-state index contributed by atoms with van der Waals surface area (Å²) in [4.78, 5) is 31.4. The molecule has 0 heterocycles. The van der Waals surface area contributed by atoms with E-state index in [2.05, 4.69) is 34.4 Å². The van der Waals surface area contributed by atoms with Crippen LogP contribution in [0.5, 0.6) is 0 Å². The first kappa shape index (κ1) is 47.8. The van der Waals surface area contributed by atoms with Crippen LogP contribution in [0.3, 0.4) is 0 Å². The van der Waals surface area contributed by atoms with Gasteiger partial charge in [-0.15, -0.1) is 20.2 Å². The molecule has 234 valence electrons. The summed E-state index contributed by atoms with van der Waals surface area (Å²) in [6.45, 7) is 15.4. The van der Waals surface area contributed by atoms with Crippen LogP contribution in [0.2, 0.25) is 0 Å². The topological polar surface area (TPSA) is 181 Å². The molecule has 41 heavy (non-hydrogen) atoms. The minimum Gasteiger partial charge on any atom is -0.688 e. The second kappa shape index (κ2) is 35.0. The predicted molar refractivity (Wildman–Crippen MR) is 160 cm³/mol. The van der Waals surface area contributed by atoms with Gasteiger partial charge < -0.3 is 46.1 Å². The smallest absolute Gasteiger partial charge is 0.321 e. The monoisotopic (exact) mass is 635 g/mol. The fourth-order valence-corrected chi connectivity index (χ4v) is 2.30. The number of hydrogen-bond acceptors (Lipinski definition) is 9. The Kier molecular flexibility index (Phi) is 40.8. The average Bonchev–Trinajstić information content (AvgIpc) is 2.90. The number of nitrogens with zero attached hydrogens (tertiary/aromatic N) is 1. The van der Waals surface area contributed by atoms with Crippen molar-refractivity contribution in [2.24, 2.45) is 11.8 Å². The Morgan fingerprint density at radius 1 is 0.829 bits per heavy atom. The summed E-state index contributed by atoms with van der Waals surface area (Å²) in [7, 11) is 6.52. The number of nitrogens with one attached hydrogen (secondary N) is 3. The van der Waals surface area contributed by atoms with E-state index in [0.717, 1.165) is 0 Å². The zero-order chi connectivity index (χ0) is 31.9. The number of carbonyl (C=O) groups is 3. The van der Waals surface area contributed by atoms with Crippen molar-refractivity contribution >= 4 is 17.9 Å². The molecule has 0 fully saturated rings. The Morgan fingerprint density at radius 3 is 1.46 bits per heavy atom. The van der Waals surface area contributed by atoms with Gasteiger partial charge in [0.2, 0.25) is 0 Å². The standard InChI is InChI=1S/3C7H13NO2.C7H12NO2.Zn/c2*1-4-5(2)6(8-3)7(9)10;2*1-3-4-5-10-7(9)6-8-2;/h2*4-6,8H,1H2,2-3H3,(H,9,10);3-4,8H,5-6H2,1-2H3;3-4,6,9H,5H2,1-2H3;/q;;;-1;/b;;4-3-;4-3-,7-6?;/t2*5-,6-;;;/m10.../s1. The van der Waals surface area contributed by atoms with E-state index < -0.39 is 24.0 Å². The number of aliphatic hydroxyl groups is 1. The molecular weight excluding hydrogens is 586 g/mol. The van der Waals surface area contributed by atoms with Crippen LogP contribution in [-0.2, 0) is 43.3 Å². The number of aliphatic hydroxyl groups excluding tert-OH is 1. The normalized spacial score (nSPS) is 13.1. The van der Waals surface area contributed by atoms with Crippen molar-refractivity contribution < 1.29 is 58.7 Å². The van der Waals surface area contributed by atoms with E-state index in [1.807, 2.05) is 39.8 Å². The number of rotatable bonds is 16. The Hall–Kier alpha value is -2.99. The molecule has 0 aliphatic carbocycles. The molecule has 0 rings (SSSR count). The molecule has 12 nitrogen and oxygen atoms in total. The molecular formula is C28H51N4O8Zn-. The van der Waals surface area contributed by atoms with Crippen molar-refractivity contribution in [2.45, 2.75) is 39.8 Å². The van der Waals surface area contributed by atoms with Crippen LogP contribution >= 0.6 is 0 Å². The minimum atomic E-state index is -0.838. The van der Waals surface area contributed by atoms with Gasteiger partial charge in [-0.2, -0.15) is 0 Å². The maximum atomic E-state index is 10.6. The summed E-state index contributed by atoms with van der Waals surface area (Å²) in [5.41, 5.74) is 0. The number of carboxylic acid groups (broad SMARTS) is 2. The zero-order valence-electron chi connectivity index (χ0n) is 25.9. The molecule has 0 radical (unpaired) electrons. The third kappa shape index (κ3) is 33.1. The molecule has 0 bridgehead atoms. The van der Waals surface area contributed by atoms with E-state index in [9.17, 15) is 14.4 Å². The fraction of sp³-hybridized carbons (Fsp3) is 0.536. The van der Waals surface area contributed by atoms with Crippen LogP contribution in [0.15, 0.2) is 61.8 Å². The number of carboxylic acids is 2. The van der Waals surface area contributed by atoms with Gasteiger partial charge in [0, 0.05) is 19.5 Å². The van der Waals surface area contributed by atoms with E-state index in [0.29, 0.717) is 13.2 Å². The van der Waals surface area contributed by atoms with Crippen LogP contribution in [0, 0.1) is 11.8 Å². The van der Waals surface area contributed by atoms with Crippen LogP contribution in [0.25, 0.3) is 5.32 Å². The third-order valence-electron chi connectivity index (χ3n) is 4.65. The number of allylic oxidation sites excluding steroid dienone is 2. The Morgan fingerprint density at radius 2 is 1.22 bits per heavy atom. The van der Waals surface area contributed by atoms with E-state index in [1.54, 1.807) is 52.5 Å². The first-order valence-electron chi connectivity index (χ1n) is 12.6. The second-order valence-corrected chi connectivity index (χ2v) is 7.79. The Bertz CT molecular complexity index is 744. The predicted octanol–water partition coefficient (Wildman–Crippen LogP) is 3.22. The number of hydrogen-bond donors (Lipinski definition) is 6. The number of carbonyl (C=O) groups excluding carboxylic acids is 1. The summed E-state index contributed by atoms with van der Waals surface area (Å²) in [6, 6.07) is -1.03. The molecule has 0 aromatic rings. The molecule has 13 heteroatoms. The van der Waals surface area contributed by atoms with Gasteiger partial charge in [0.15, 0.2) is 0 Å². The number of ether oxygens (including phenoxy) is 2. The van der Waals surface area contributed by atoms with Crippen molar-refractivity contribution in [1.82, 2.24) is 16.0 Å². The van der Waals surface area contributed by atoms with Gasteiger partial charge in [-0.1, -0.05) is 56.5 Å². The zero-order valence-corrected chi connectivity index (χ0v) is 28.9. The van der Waals surface area contributed by atoms with Crippen molar-refractivity contribution in [2.75, 3.05) is 47.9 Å². The largest absolute Gasteiger partial charge is 0.688 e. The van der Waals surface area contributed by atoms with E-state index in [1.165, 1.54) is 6.20 Å². The molecule has 0 unspecified atom stereocenters. The quantitative estimate of drug-likeness (QED) is 0.0633. The summed E-state index contributed by atoms with van der Waals surface area (Å²) in [5, 5.41) is 37.5. The van der Waals surface area contributed by atoms with E-state index >= 15 is 0 Å². The van der Waals surface area contributed by atoms with Crippen LogP contribution in [0.4, 0.5) is 0 Å². The third-order valence-corrected chi connectivity index (χ3v) is 4.65. The minimum absolute atomic E-state index is 0. The molecule has 0 aliphatic rings. The van der Waals surface area contributed by atoms with E-state index in [-0.39, 0.29) is 49.8 Å². The SMILES string of the molecule is C/C=C\COC(=O)CNC.C/C=C\COC(O)=C[N-]C.C=C[C@@H](C)[C@@H](NC)C(=O)O.C=C[C@H](C)[C@H](NC)C(=O)O.[Zn]. The maximum absolute atomic E-state index is 10.6. The fourth-order valence-electron chi connectivity index (χ4n) is 2.30. The number of aliphatic carboxylic acids is 2. The molecule has 6 N–H and O–H groups in total. The van der Waals surface area contributed by atoms with Gasteiger partial charge >= 0.3 is 17.9 Å². The van der Waals surface area contributed by atoms with Crippen LogP contribution in [-0.4, -0.2) is 93.3 Å². The molecule has 0 spiro atoms. The molecule has 0 aromatic carbocycles. The summed E-state index contributed by atoms with van der Waals surface area (Å²) < 4.78 is 9.49. The maximum Gasteiger partial charge on any atom is 0.321 e. The molecule has 0 saturated carbocycles. The van der Waals surface area contributed by atoms with Crippen molar-refractivity contribution in [3.63, 3.8) is 0 Å². The van der Waals surface area contributed by atoms with E-state index in [4.69, 9.17) is 24.8 Å². The van der Waals surface area contributed by atoms with Crippen molar-refractivity contribution in [3.05, 3.63) is 67.1 Å². The summed E-state index contributed by atoms with van der Waals surface area (Å²) >= 11 is 0. The summed E-state index contributed by atoms with van der Waals surface area (Å²) in [6.07, 6.45) is 11.8. The first-order valence-corrected chi connectivity index (χ1v) is 12.6. The number of esters is 1. The van der Waals surface area contributed by atoms with Gasteiger partial charge in [0.05, 0.1) is 6.54 Å². The second-order valence-electron chi connectivity index (χ2n) is 7.79. The Balaban J connectivity index is -0.000000139. The summed E-state index contributed by atoms with van der Waals surface area (Å²) in [5.74, 6) is -2.13. The van der Waals surface area contributed by atoms with Gasteiger partial charge in [-0.25, -0.2) is 0 Å².